The lowest BCUT2D eigenvalue weighted by atomic mass is 10.2. The molecule has 3 rings (SSSR count). The molecule has 0 fully saturated rings. The predicted molar refractivity (Wildman–Crippen MR) is 104 cm³/mol. The van der Waals surface area contributed by atoms with Crippen LogP contribution in [0.15, 0.2) is 53.3 Å². The molecule has 1 amide bonds. The Morgan fingerprint density at radius 2 is 1.82 bits per heavy atom. The lowest BCUT2D eigenvalue weighted by Crippen LogP contribution is -2.25. The van der Waals surface area contributed by atoms with E-state index in [2.05, 4.69) is 10.4 Å². The minimum atomic E-state index is -0.748. The average molecular weight is 402 g/mol. The number of ether oxygens (including phenoxy) is 2. The van der Waals surface area contributed by atoms with Crippen LogP contribution in [-0.4, -0.2) is 35.0 Å². The van der Waals surface area contributed by atoms with Crippen LogP contribution >= 0.6 is 11.6 Å². The van der Waals surface area contributed by atoms with E-state index in [1.165, 1.54) is 20.3 Å². The molecule has 3 aromatic rings. The van der Waals surface area contributed by atoms with E-state index < -0.39 is 17.2 Å². The highest BCUT2D eigenvalue weighted by Gasteiger charge is 2.19. The molecule has 1 heterocycles. The average Bonchev–Trinajstić information content (AvgIpc) is 2.68. The highest BCUT2D eigenvalue weighted by atomic mass is 35.5. The van der Waals surface area contributed by atoms with Gasteiger partial charge in [-0.05, 0) is 30.3 Å². The Bertz CT molecular complexity index is 1100. The number of aromatic hydroxyl groups is 1. The first-order valence-corrected chi connectivity index (χ1v) is 8.44. The predicted octanol–water partition coefficient (Wildman–Crippen LogP) is 2.86. The standard InChI is InChI=1S/C19H16ClN3O5/c1-27-15-8-7-11(20)9-12(15)21-19(26)18-14(24)10-17(25)23(22-18)13-5-3-4-6-16(13)28-2/h3-10,24H,1-2H3,(H,21,26). The molecule has 0 unspecified atom stereocenters. The largest absolute Gasteiger partial charge is 0.505 e. The molecule has 1 aromatic heterocycles. The number of anilines is 1. The normalized spacial score (nSPS) is 10.4. The third-order valence-electron chi connectivity index (χ3n) is 3.85. The molecule has 28 heavy (non-hydrogen) atoms. The number of benzene rings is 2. The maximum Gasteiger partial charge on any atom is 0.280 e. The summed E-state index contributed by atoms with van der Waals surface area (Å²) in [5.41, 5.74) is -0.368. The van der Waals surface area contributed by atoms with Gasteiger partial charge < -0.3 is 19.9 Å². The molecule has 9 heteroatoms. The molecule has 2 N–H and O–H groups in total. The molecule has 0 bridgehead atoms. The molecule has 0 radical (unpaired) electrons. The number of halogens is 1. The Morgan fingerprint density at radius 1 is 1.11 bits per heavy atom. The highest BCUT2D eigenvalue weighted by molar-refractivity contribution is 6.31. The van der Waals surface area contributed by atoms with Gasteiger partial charge in [0.2, 0.25) is 0 Å². The Labute approximate surface area is 164 Å². The maximum absolute atomic E-state index is 12.7. The third kappa shape index (κ3) is 3.77. The quantitative estimate of drug-likeness (QED) is 0.681. The maximum atomic E-state index is 12.7. The summed E-state index contributed by atoms with van der Waals surface area (Å²) in [6.45, 7) is 0. The van der Waals surface area contributed by atoms with Gasteiger partial charge in [-0.2, -0.15) is 9.78 Å². The fourth-order valence-electron chi connectivity index (χ4n) is 2.55. The van der Waals surface area contributed by atoms with Gasteiger partial charge in [0.25, 0.3) is 11.5 Å². The van der Waals surface area contributed by atoms with Gasteiger partial charge in [0.15, 0.2) is 11.4 Å². The van der Waals surface area contributed by atoms with Gasteiger partial charge in [0, 0.05) is 11.1 Å². The van der Waals surface area contributed by atoms with Crippen LogP contribution in [0.25, 0.3) is 5.69 Å². The molecule has 8 nitrogen and oxygen atoms in total. The van der Waals surface area contributed by atoms with Crippen LogP contribution in [0.3, 0.4) is 0 Å². The van der Waals surface area contributed by atoms with Crippen LogP contribution < -0.4 is 20.3 Å². The number of amides is 1. The smallest absolute Gasteiger partial charge is 0.280 e. The molecule has 0 spiro atoms. The summed E-state index contributed by atoms with van der Waals surface area (Å²) in [6.07, 6.45) is 0. The van der Waals surface area contributed by atoms with Crippen LogP contribution in [0.1, 0.15) is 10.5 Å². The molecule has 0 aliphatic carbocycles. The van der Waals surface area contributed by atoms with Gasteiger partial charge in [-0.3, -0.25) is 9.59 Å². The van der Waals surface area contributed by atoms with E-state index >= 15 is 0 Å². The van der Waals surface area contributed by atoms with E-state index in [-0.39, 0.29) is 11.4 Å². The van der Waals surface area contributed by atoms with Crippen molar-refractivity contribution in [3.8, 4) is 22.9 Å². The minimum Gasteiger partial charge on any atom is -0.505 e. The molecule has 144 valence electrons. The van der Waals surface area contributed by atoms with E-state index in [1.807, 2.05) is 0 Å². The fraction of sp³-hybridized carbons (Fsp3) is 0.105. The molecular formula is C19H16ClN3O5. The van der Waals surface area contributed by atoms with E-state index in [0.29, 0.717) is 22.2 Å². The Morgan fingerprint density at radius 3 is 2.54 bits per heavy atom. The first-order valence-electron chi connectivity index (χ1n) is 8.06. The first-order chi connectivity index (χ1) is 13.4. The summed E-state index contributed by atoms with van der Waals surface area (Å²) in [5.74, 6) is -0.558. The molecule has 0 saturated heterocycles. The Hall–Kier alpha value is -3.52. The van der Waals surface area contributed by atoms with Gasteiger partial charge in [-0.15, -0.1) is 0 Å². The van der Waals surface area contributed by atoms with Crippen molar-refractivity contribution in [1.82, 2.24) is 9.78 Å². The molecule has 0 aliphatic rings. The van der Waals surface area contributed by atoms with Crippen LogP contribution in [0.4, 0.5) is 5.69 Å². The fourth-order valence-corrected chi connectivity index (χ4v) is 2.72. The molecule has 0 atom stereocenters. The number of hydrogen-bond donors (Lipinski definition) is 2. The molecule has 2 aromatic carbocycles. The zero-order chi connectivity index (χ0) is 20.3. The van der Waals surface area contributed by atoms with Crippen molar-refractivity contribution in [1.29, 1.82) is 0 Å². The van der Waals surface area contributed by atoms with Crippen molar-refractivity contribution in [2.45, 2.75) is 0 Å². The minimum absolute atomic E-state index is 0.288. The Kier molecular flexibility index (Phi) is 5.51. The number of carbonyl (C=O) groups excluding carboxylic acids is 1. The van der Waals surface area contributed by atoms with Gasteiger partial charge in [-0.25, -0.2) is 0 Å². The van der Waals surface area contributed by atoms with Crippen LogP contribution in [-0.2, 0) is 0 Å². The van der Waals surface area contributed by atoms with E-state index in [4.69, 9.17) is 21.1 Å². The summed E-state index contributed by atoms with van der Waals surface area (Å²) >= 11 is 5.96. The summed E-state index contributed by atoms with van der Waals surface area (Å²) in [5, 5.41) is 17.1. The molecule has 0 aliphatic heterocycles. The van der Waals surface area contributed by atoms with Crippen LogP contribution in [0.2, 0.25) is 5.02 Å². The van der Waals surface area contributed by atoms with Crippen molar-refractivity contribution in [3.05, 3.63) is 69.6 Å². The Balaban J connectivity index is 2.04. The van der Waals surface area contributed by atoms with Gasteiger partial charge in [0.05, 0.1) is 19.9 Å². The summed E-state index contributed by atoms with van der Waals surface area (Å²) in [7, 11) is 2.89. The number of aromatic nitrogens is 2. The van der Waals surface area contributed by atoms with Gasteiger partial charge in [0.1, 0.15) is 17.2 Å². The number of para-hydroxylation sites is 2. The zero-order valence-electron chi connectivity index (χ0n) is 15.0. The third-order valence-corrected chi connectivity index (χ3v) is 4.08. The van der Waals surface area contributed by atoms with Crippen LogP contribution in [0.5, 0.6) is 17.2 Å². The molecule has 0 saturated carbocycles. The van der Waals surface area contributed by atoms with Crippen LogP contribution in [0, 0.1) is 0 Å². The number of hydrogen-bond acceptors (Lipinski definition) is 6. The van der Waals surface area contributed by atoms with Crippen molar-refractivity contribution >= 4 is 23.2 Å². The number of carbonyl (C=O) groups is 1. The van der Waals surface area contributed by atoms with E-state index in [0.717, 1.165) is 10.7 Å². The summed E-state index contributed by atoms with van der Waals surface area (Å²) in [6, 6.07) is 12.3. The summed E-state index contributed by atoms with van der Waals surface area (Å²) in [4.78, 5) is 25.0. The summed E-state index contributed by atoms with van der Waals surface area (Å²) < 4.78 is 11.4. The number of rotatable bonds is 5. The second kappa shape index (κ2) is 8.01. The van der Waals surface area contributed by atoms with E-state index in [9.17, 15) is 14.7 Å². The lowest BCUT2D eigenvalue weighted by Gasteiger charge is -2.13. The van der Waals surface area contributed by atoms with Crippen molar-refractivity contribution in [2.75, 3.05) is 19.5 Å². The SMILES string of the molecule is COc1ccc(Cl)cc1NC(=O)c1nn(-c2ccccc2OC)c(=O)cc1O. The number of nitrogens with zero attached hydrogens (tertiary/aromatic N) is 2. The topological polar surface area (TPSA) is 103 Å². The second-order valence-electron chi connectivity index (χ2n) is 5.60. The van der Waals surface area contributed by atoms with Crippen molar-refractivity contribution < 1.29 is 19.4 Å². The second-order valence-corrected chi connectivity index (χ2v) is 6.04. The van der Waals surface area contributed by atoms with Gasteiger partial charge >= 0.3 is 0 Å². The first kappa shape index (κ1) is 19.2. The number of nitrogens with one attached hydrogen (secondary N) is 1. The van der Waals surface area contributed by atoms with Crippen molar-refractivity contribution in [2.24, 2.45) is 0 Å². The number of methoxy groups -OCH3 is 2. The zero-order valence-corrected chi connectivity index (χ0v) is 15.7. The van der Waals surface area contributed by atoms with Gasteiger partial charge in [-0.1, -0.05) is 23.7 Å². The van der Waals surface area contributed by atoms with Crippen molar-refractivity contribution in [3.63, 3.8) is 0 Å². The lowest BCUT2D eigenvalue weighted by molar-refractivity contribution is 0.101. The monoisotopic (exact) mass is 401 g/mol. The van der Waals surface area contributed by atoms with E-state index in [1.54, 1.807) is 36.4 Å². The molecular weight excluding hydrogens is 386 g/mol. The highest BCUT2D eigenvalue weighted by Crippen LogP contribution is 2.28.